The molecule has 0 radical (unpaired) electrons. The van der Waals surface area contributed by atoms with Crippen molar-refractivity contribution in [3.63, 3.8) is 0 Å². The standard InChI is InChI=1S/C26H37N5OS/c1-3-17-13-20(32)7-9-21(17)18-6-8-22-23(14-18)29-30-25(22)26-27-15-24(28-26)19-5-4-10-31(16-19)11-12-33-2/h5,7,9,13,15,18,22-23,25,29-30,32H,3-4,6,8,10-12,14,16H2,1-2H3,(H,27,28). The van der Waals surface area contributed by atoms with Crippen molar-refractivity contribution in [2.75, 3.05) is 31.6 Å². The number of H-pyrrole nitrogens is 1. The van der Waals surface area contributed by atoms with Crippen molar-refractivity contribution < 1.29 is 5.11 Å². The van der Waals surface area contributed by atoms with Gasteiger partial charge in [-0.15, -0.1) is 0 Å². The van der Waals surface area contributed by atoms with E-state index < -0.39 is 0 Å². The maximum atomic E-state index is 9.89. The molecule has 4 atom stereocenters. The van der Waals surface area contributed by atoms with Crippen molar-refractivity contribution in [3.05, 3.63) is 53.1 Å². The zero-order chi connectivity index (χ0) is 22.8. The van der Waals surface area contributed by atoms with Crippen LogP contribution in [-0.2, 0) is 6.42 Å². The number of aromatic nitrogens is 2. The Morgan fingerprint density at radius 3 is 3.00 bits per heavy atom. The quantitative estimate of drug-likeness (QED) is 0.488. The number of phenols is 1. The lowest BCUT2D eigenvalue weighted by molar-refractivity contribution is 0.276. The van der Waals surface area contributed by atoms with Crippen LogP contribution in [0.5, 0.6) is 5.75 Å². The summed E-state index contributed by atoms with van der Waals surface area (Å²) in [5.41, 5.74) is 12.4. The summed E-state index contributed by atoms with van der Waals surface area (Å²) in [6.07, 6.45) is 12.1. The minimum atomic E-state index is 0.229. The fourth-order valence-electron chi connectivity index (χ4n) is 5.98. The van der Waals surface area contributed by atoms with Crippen LogP contribution in [0.25, 0.3) is 5.57 Å². The second kappa shape index (κ2) is 10.2. The third kappa shape index (κ3) is 4.87. The number of aryl methyl sites for hydroxylation is 1. The number of phenolic OH excluding ortho intramolecular Hbond substituents is 1. The first-order valence-corrected chi connectivity index (χ1v) is 13.8. The highest BCUT2D eigenvalue weighted by molar-refractivity contribution is 7.98. The van der Waals surface area contributed by atoms with Gasteiger partial charge in [0.15, 0.2) is 0 Å². The lowest BCUT2D eigenvalue weighted by Gasteiger charge is -2.33. The number of aromatic amines is 1. The molecule has 0 spiro atoms. The molecule has 4 unspecified atom stereocenters. The lowest BCUT2D eigenvalue weighted by Crippen LogP contribution is -2.35. The van der Waals surface area contributed by atoms with Crippen molar-refractivity contribution in [2.45, 2.75) is 57.0 Å². The second-order valence-corrected chi connectivity index (χ2v) is 10.7. The van der Waals surface area contributed by atoms with Crippen LogP contribution in [0.3, 0.4) is 0 Å². The van der Waals surface area contributed by atoms with Gasteiger partial charge < -0.3 is 10.1 Å². The van der Waals surface area contributed by atoms with Crippen LogP contribution in [0.4, 0.5) is 0 Å². The summed E-state index contributed by atoms with van der Waals surface area (Å²) < 4.78 is 0. The SMILES string of the molecule is CCc1cc(O)ccc1C1CCC2C(C1)NNC2c1ncc(C2=CCCN(CCSC)C2)[nH]1. The Kier molecular flexibility index (Phi) is 7.11. The number of nitrogens with one attached hydrogen (secondary N) is 3. The largest absolute Gasteiger partial charge is 0.508 e. The summed E-state index contributed by atoms with van der Waals surface area (Å²) in [6, 6.07) is 6.59. The van der Waals surface area contributed by atoms with Crippen LogP contribution in [-0.4, -0.2) is 57.7 Å². The Balaban J connectivity index is 1.25. The van der Waals surface area contributed by atoms with Crippen molar-refractivity contribution in [2.24, 2.45) is 5.92 Å². The maximum Gasteiger partial charge on any atom is 0.125 e. The number of imidazole rings is 1. The van der Waals surface area contributed by atoms with Crippen LogP contribution < -0.4 is 10.9 Å². The van der Waals surface area contributed by atoms with Gasteiger partial charge in [-0.25, -0.2) is 10.4 Å². The summed E-state index contributed by atoms with van der Waals surface area (Å²) in [5, 5.41) is 9.89. The number of fused-ring (bicyclic) bond motifs is 1. The molecule has 1 saturated heterocycles. The monoisotopic (exact) mass is 467 g/mol. The predicted molar refractivity (Wildman–Crippen MR) is 136 cm³/mol. The molecule has 3 heterocycles. The van der Waals surface area contributed by atoms with Crippen LogP contribution in [0, 0.1) is 5.92 Å². The van der Waals surface area contributed by atoms with Gasteiger partial charge in [0.2, 0.25) is 0 Å². The molecule has 0 bridgehead atoms. The number of hydrogen-bond donors (Lipinski definition) is 4. The number of hydrogen-bond acceptors (Lipinski definition) is 6. The third-order valence-electron chi connectivity index (χ3n) is 7.78. The van der Waals surface area contributed by atoms with E-state index in [1.54, 1.807) is 0 Å². The molecule has 7 heteroatoms. The average molecular weight is 468 g/mol. The normalized spacial score (nSPS) is 28.0. The number of benzene rings is 1. The van der Waals surface area contributed by atoms with E-state index in [1.807, 2.05) is 30.1 Å². The van der Waals surface area contributed by atoms with Gasteiger partial charge in [0.05, 0.1) is 17.9 Å². The molecule has 4 N–H and O–H groups in total. The first-order valence-electron chi connectivity index (χ1n) is 12.4. The number of rotatable bonds is 7. The van der Waals surface area contributed by atoms with Crippen LogP contribution >= 0.6 is 11.8 Å². The average Bonchev–Trinajstić information content (AvgIpc) is 3.49. The van der Waals surface area contributed by atoms with E-state index in [1.165, 1.54) is 41.0 Å². The first kappa shape index (κ1) is 23.0. The molecular formula is C26H37N5OS. The minimum absolute atomic E-state index is 0.229. The molecule has 178 valence electrons. The van der Waals surface area contributed by atoms with E-state index >= 15 is 0 Å². The zero-order valence-electron chi connectivity index (χ0n) is 19.8. The Bertz CT molecular complexity index is 989. The maximum absolute atomic E-state index is 9.89. The van der Waals surface area contributed by atoms with Crippen molar-refractivity contribution in [3.8, 4) is 5.75 Å². The molecule has 0 amide bonds. The highest BCUT2D eigenvalue weighted by Gasteiger charge is 2.42. The van der Waals surface area contributed by atoms with Crippen LogP contribution in [0.1, 0.15) is 67.2 Å². The van der Waals surface area contributed by atoms with Gasteiger partial charge in [-0.2, -0.15) is 11.8 Å². The molecule has 2 fully saturated rings. The smallest absolute Gasteiger partial charge is 0.125 e. The summed E-state index contributed by atoms with van der Waals surface area (Å²) in [4.78, 5) is 11.0. The molecule has 1 aromatic carbocycles. The van der Waals surface area contributed by atoms with Gasteiger partial charge in [0, 0.05) is 31.4 Å². The van der Waals surface area contributed by atoms with Crippen molar-refractivity contribution in [1.29, 1.82) is 0 Å². The van der Waals surface area contributed by atoms with E-state index in [-0.39, 0.29) is 6.04 Å². The minimum Gasteiger partial charge on any atom is -0.508 e. The molecule has 6 nitrogen and oxygen atoms in total. The Morgan fingerprint density at radius 1 is 1.24 bits per heavy atom. The topological polar surface area (TPSA) is 76.2 Å². The van der Waals surface area contributed by atoms with Gasteiger partial charge >= 0.3 is 0 Å². The van der Waals surface area contributed by atoms with Crippen molar-refractivity contribution >= 4 is 17.3 Å². The van der Waals surface area contributed by atoms with E-state index in [4.69, 9.17) is 4.98 Å². The fourth-order valence-corrected chi connectivity index (χ4v) is 6.42. The molecule has 1 aliphatic carbocycles. The Labute approximate surface area is 201 Å². The first-order chi connectivity index (χ1) is 16.2. The second-order valence-electron chi connectivity index (χ2n) is 9.75. The molecule has 2 aliphatic heterocycles. The molecule has 3 aliphatic rings. The molecule has 1 saturated carbocycles. The van der Waals surface area contributed by atoms with Gasteiger partial charge in [-0.3, -0.25) is 10.3 Å². The van der Waals surface area contributed by atoms with Crippen LogP contribution in [0.15, 0.2) is 30.5 Å². The molecule has 2 aromatic rings. The molecular weight excluding hydrogens is 430 g/mol. The van der Waals surface area contributed by atoms with E-state index in [9.17, 15) is 5.11 Å². The number of hydrazine groups is 1. The molecule has 1 aromatic heterocycles. The highest BCUT2D eigenvalue weighted by Crippen LogP contribution is 2.44. The molecule has 5 rings (SSSR count). The summed E-state index contributed by atoms with van der Waals surface area (Å²) >= 11 is 1.92. The van der Waals surface area contributed by atoms with Gasteiger partial charge in [0.25, 0.3) is 0 Å². The number of aromatic hydroxyl groups is 1. The summed E-state index contributed by atoms with van der Waals surface area (Å²) in [6.45, 7) is 5.50. The van der Waals surface area contributed by atoms with E-state index in [0.29, 0.717) is 23.6 Å². The lowest BCUT2D eigenvalue weighted by atomic mass is 9.73. The zero-order valence-corrected chi connectivity index (χ0v) is 20.6. The number of nitrogens with zero attached hydrogens (tertiary/aromatic N) is 2. The number of thioether (sulfide) groups is 1. The van der Waals surface area contributed by atoms with Crippen molar-refractivity contribution in [1.82, 2.24) is 25.7 Å². The van der Waals surface area contributed by atoms with Gasteiger partial charge in [-0.1, -0.05) is 19.1 Å². The highest BCUT2D eigenvalue weighted by atomic mass is 32.2. The van der Waals surface area contributed by atoms with Gasteiger partial charge in [-0.05, 0) is 79.0 Å². The summed E-state index contributed by atoms with van der Waals surface area (Å²) in [7, 11) is 0. The van der Waals surface area contributed by atoms with Gasteiger partial charge in [0.1, 0.15) is 11.6 Å². The van der Waals surface area contributed by atoms with Crippen LogP contribution in [0.2, 0.25) is 0 Å². The van der Waals surface area contributed by atoms with E-state index in [2.05, 4.69) is 46.1 Å². The summed E-state index contributed by atoms with van der Waals surface area (Å²) in [5.74, 6) is 3.71. The Hall–Kier alpha value is -1.80. The molecule has 33 heavy (non-hydrogen) atoms. The Morgan fingerprint density at radius 2 is 2.15 bits per heavy atom. The third-order valence-corrected chi connectivity index (χ3v) is 8.37. The fraction of sp³-hybridized carbons (Fsp3) is 0.577. The predicted octanol–water partition coefficient (Wildman–Crippen LogP) is 4.23. The van der Waals surface area contributed by atoms with E-state index in [0.717, 1.165) is 44.7 Å².